The first kappa shape index (κ1) is 27.9. The van der Waals surface area contributed by atoms with Crippen LogP contribution in [0.5, 0.6) is 6.01 Å². The van der Waals surface area contributed by atoms with Gasteiger partial charge in [0.25, 0.3) is 5.91 Å². The first-order valence-corrected chi connectivity index (χ1v) is 13.9. The number of amides is 1. The van der Waals surface area contributed by atoms with E-state index in [1.165, 1.54) is 31.0 Å². The lowest BCUT2D eigenvalue weighted by molar-refractivity contribution is -0.139. The van der Waals surface area contributed by atoms with E-state index < -0.39 is 47.5 Å². The van der Waals surface area contributed by atoms with Crippen LogP contribution in [0.1, 0.15) is 48.2 Å². The number of carbonyl (C=O) groups is 1. The van der Waals surface area contributed by atoms with Crippen molar-refractivity contribution >= 4 is 33.1 Å². The van der Waals surface area contributed by atoms with Crippen LogP contribution in [-0.2, 0) is 10.0 Å². The highest BCUT2D eigenvalue weighted by molar-refractivity contribution is 7.92. The molecule has 1 saturated carbocycles. The van der Waals surface area contributed by atoms with Crippen LogP contribution in [0.25, 0.3) is 0 Å². The number of ether oxygens (including phenoxy) is 1. The second-order valence-corrected chi connectivity index (χ2v) is 11.6. The Balaban J connectivity index is 1.55. The van der Waals surface area contributed by atoms with Crippen molar-refractivity contribution in [2.24, 2.45) is 5.41 Å². The lowest BCUT2D eigenvalue weighted by Crippen LogP contribution is -2.35. The summed E-state index contributed by atoms with van der Waals surface area (Å²) in [6, 6.07) is 5.72. The van der Waals surface area contributed by atoms with Crippen LogP contribution >= 0.6 is 0 Å². The van der Waals surface area contributed by atoms with Crippen molar-refractivity contribution < 1.29 is 36.2 Å². The summed E-state index contributed by atoms with van der Waals surface area (Å²) < 4.78 is 69.1. The molecule has 1 aromatic carbocycles. The van der Waals surface area contributed by atoms with E-state index in [0.717, 1.165) is 12.8 Å². The SMILES string of the molecule is Cc1cc(NC(=O)c2ccc(NS(=O)(=O)CCO)cc2N2CCC3(CC2)CC3)nc(OCCC(F)(F)F)n1. The number of rotatable bonds is 10. The third-order valence-corrected chi connectivity index (χ3v) is 7.96. The van der Waals surface area contributed by atoms with E-state index >= 15 is 0 Å². The summed E-state index contributed by atoms with van der Waals surface area (Å²) in [6.45, 7) is 1.81. The number of alkyl halides is 3. The van der Waals surface area contributed by atoms with E-state index in [4.69, 9.17) is 9.84 Å². The molecule has 0 bridgehead atoms. The lowest BCUT2D eigenvalue weighted by Gasteiger charge is -2.35. The van der Waals surface area contributed by atoms with E-state index in [-0.39, 0.29) is 23.1 Å². The highest BCUT2D eigenvalue weighted by Crippen LogP contribution is 2.54. The maximum Gasteiger partial charge on any atom is 0.392 e. The highest BCUT2D eigenvalue weighted by atomic mass is 32.2. The molecule has 4 rings (SSSR count). The zero-order chi connectivity index (χ0) is 27.6. The van der Waals surface area contributed by atoms with Gasteiger partial charge in [-0.15, -0.1) is 0 Å². The van der Waals surface area contributed by atoms with Crippen LogP contribution < -0.4 is 19.7 Å². The van der Waals surface area contributed by atoms with Gasteiger partial charge in [0.15, 0.2) is 0 Å². The van der Waals surface area contributed by atoms with E-state index in [2.05, 4.69) is 20.0 Å². The van der Waals surface area contributed by atoms with E-state index in [1.807, 2.05) is 4.90 Å². The van der Waals surface area contributed by atoms with Crippen molar-refractivity contribution in [1.82, 2.24) is 9.97 Å². The average Bonchev–Trinajstić information content (AvgIpc) is 3.56. The Labute approximate surface area is 218 Å². The number of sulfonamides is 1. The Hall–Kier alpha value is -3.13. The standard InChI is InChI=1S/C24H30F3N5O5S/c1-16-14-20(30-22(28-16)37-12-8-24(25,26)27)29-21(34)18-3-2-17(31-38(35,36)13-11-33)15-19(18)32-9-6-23(4-5-23)7-10-32/h2-3,14-15,31,33H,4-13H2,1H3,(H,28,29,30,34). The Kier molecular flexibility index (Phi) is 8.02. The maximum atomic E-state index is 13.3. The Morgan fingerprint density at radius 3 is 2.50 bits per heavy atom. The van der Waals surface area contributed by atoms with Gasteiger partial charge in [-0.3, -0.25) is 9.52 Å². The number of nitrogens with one attached hydrogen (secondary N) is 2. The first-order valence-electron chi connectivity index (χ1n) is 12.2. The molecule has 1 saturated heterocycles. The molecule has 3 N–H and O–H groups in total. The predicted molar refractivity (Wildman–Crippen MR) is 135 cm³/mol. The van der Waals surface area contributed by atoms with Crippen LogP contribution in [-0.4, -0.2) is 67.6 Å². The summed E-state index contributed by atoms with van der Waals surface area (Å²) in [5, 5.41) is 11.7. The molecule has 1 amide bonds. The molecule has 1 spiro atoms. The normalized spacial score (nSPS) is 16.8. The number of aliphatic hydroxyl groups is 1. The van der Waals surface area contributed by atoms with Gasteiger partial charge >= 0.3 is 12.2 Å². The van der Waals surface area contributed by atoms with E-state index in [0.29, 0.717) is 29.9 Å². The summed E-state index contributed by atoms with van der Waals surface area (Å²) in [6.07, 6.45) is -1.23. The van der Waals surface area contributed by atoms with Crippen molar-refractivity contribution in [2.75, 3.05) is 47.0 Å². The molecule has 0 atom stereocenters. The topological polar surface area (TPSA) is 134 Å². The fraction of sp³-hybridized carbons (Fsp3) is 0.542. The Bertz CT molecular complexity index is 1270. The first-order chi connectivity index (χ1) is 17.9. The number of carbonyl (C=O) groups excluding carboxylic acids is 1. The molecular weight excluding hydrogens is 527 g/mol. The van der Waals surface area contributed by atoms with Gasteiger partial charge in [-0.25, -0.2) is 13.4 Å². The number of aromatic nitrogens is 2. The lowest BCUT2D eigenvalue weighted by atomic mass is 9.93. The molecule has 1 aliphatic heterocycles. The molecule has 1 aliphatic carbocycles. The van der Waals surface area contributed by atoms with Crippen LogP contribution in [0.15, 0.2) is 24.3 Å². The van der Waals surface area contributed by atoms with Gasteiger partial charge < -0.3 is 20.1 Å². The van der Waals surface area contributed by atoms with Crippen molar-refractivity contribution in [2.45, 2.75) is 45.2 Å². The van der Waals surface area contributed by atoms with Gasteiger partial charge in [-0.05, 0) is 56.2 Å². The van der Waals surface area contributed by atoms with Crippen LogP contribution in [0.4, 0.5) is 30.4 Å². The molecule has 2 heterocycles. The summed E-state index contributed by atoms with van der Waals surface area (Å²) in [5.74, 6) is -0.938. The number of nitrogens with zero attached hydrogens (tertiary/aromatic N) is 3. The Morgan fingerprint density at radius 1 is 1.16 bits per heavy atom. The quantitative estimate of drug-likeness (QED) is 0.404. The molecule has 14 heteroatoms. The van der Waals surface area contributed by atoms with E-state index in [1.54, 1.807) is 13.0 Å². The number of aryl methyl sites for hydroxylation is 1. The molecule has 1 aromatic heterocycles. The summed E-state index contributed by atoms with van der Waals surface area (Å²) >= 11 is 0. The largest absolute Gasteiger partial charge is 0.463 e. The predicted octanol–water partition coefficient (Wildman–Crippen LogP) is 3.48. The fourth-order valence-corrected chi connectivity index (χ4v) is 5.24. The number of halogens is 3. The van der Waals surface area contributed by atoms with Crippen LogP contribution in [0.3, 0.4) is 0 Å². The zero-order valence-corrected chi connectivity index (χ0v) is 21.7. The van der Waals surface area contributed by atoms with Crippen molar-refractivity contribution in [1.29, 1.82) is 0 Å². The van der Waals surface area contributed by atoms with Crippen molar-refractivity contribution in [3.63, 3.8) is 0 Å². The van der Waals surface area contributed by atoms with Gasteiger partial charge in [0.2, 0.25) is 10.0 Å². The summed E-state index contributed by atoms with van der Waals surface area (Å²) in [7, 11) is -3.77. The minimum Gasteiger partial charge on any atom is -0.463 e. The third-order valence-electron chi connectivity index (χ3n) is 6.69. The molecule has 2 aromatic rings. The molecule has 0 radical (unpaired) electrons. The number of piperidine rings is 1. The molecule has 0 unspecified atom stereocenters. The summed E-state index contributed by atoms with van der Waals surface area (Å²) in [4.78, 5) is 23.3. The minimum absolute atomic E-state index is 0.0544. The Morgan fingerprint density at radius 2 is 1.87 bits per heavy atom. The van der Waals surface area contributed by atoms with Crippen molar-refractivity contribution in [3.8, 4) is 6.01 Å². The smallest absolute Gasteiger partial charge is 0.392 e. The fourth-order valence-electron chi connectivity index (χ4n) is 4.41. The number of hydrogen-bond acceptors (Lipinski definition) is 8. The number of aliphatic hydroxyl groups excluding tert-OH is 1. The highest BCUT2D eigenvalue weighted by Gasteiger charge is 2.44. The zero-order valence-electron chi connectivity index (χ0n) is 20.8. The second-order valence-electron chi connectivity index (χ2n) is 9.71. The molecular formula is C24H30F3N5O5S. The number of benzene rings is 1. The molecule has 208 valence electrons. The van der Waals surface area contributed by atoms with Crippen molar-refractivity contribution in [3.05, 3.63) is 35.5 Å². The van der Waals surface area contributed by atoms with E-state index in [9.17, 15) is 26.4 Å². The minimum atomic E-state index is -4.39. The monoisotopic (exact) mass is 557 g/mol. The molecule has 38 heavy (non-hydrogen) atoms. The third kappa shape index (κ3) is 7.47. The van der Waals surface area contributed by atoms with Crippen LogP contribution in [0, 0.1) is 12.3 Å². The number of hydrogen-bond donors (Lipinski definition) is 3. The molecule has 10 nitrogen and oxygen atoms in total. The number of anilines is 3. The van der Waals surface area contributed by atoms with Gasteiger partial charge in [-0.2, -0.15) is 18.2 Å². The average molecular weight is 558 g/mol. The van der Waals surface area contributed by atoms with Crippen LogP contribution in [0.2, 0.25) is 0 Å². The second kappa shape index (κ2) is 10.9. The van der Waals surface area contributed by atoms with Gasteiger partial charge in [0.1, 0.15) is 12.4 Å². The summed E-state index contributed by atoms with van der Waals surface area (Å²) in [5.41, 5.74) is 1.83. The molecule has 2 fully saturated rings. The maximum absolute atomic E-state index is 13.3. The van der Waals surface area contributed by atoms with Gasteiger partial charge in [-0.1, -0.05) is 0 Å². The van der Waals surface area contributed by atoms with Gasteiger partial charge in [0, 0.05) is 24.8 Å². The van der Waals surface area contributed by atoms with Gasteiger partial charge in [0.05, 0.1) is 35.7 Å². The molecule has 2 aliphatic rings.